The van der Waals surface area contributed by atoms with Crippen LogP contribution in [0.25, 0.3) is 0 Å². The average Bonchev–Trinajstić information content (AvgIpc) is 2.71. The van der Waals surface area contributed by atoms with Crippen molar-refractivity contribution in [1.82, 2.24) is 15.0 Å². The highest BCUT2D eigenvalue weighted by atomic mass is 19.4. The Labute approximate surface area is 192 Å². The van der Waals surface area contributed by atoms with E-state index in [1.807, 2.05) is 0 Å². The second-order valence-corrected chi connectivity index (χ2v) is 9.68. The summed E-state index contributed by atoms with van der Waals surface area (Å²) in [5.74, 6) is -1.33. The summed E-state index contributed by atoms with van der Waals surface area (Å²) in [5.41, 5.74) is -1.97. The number of alkyl halides is 3. The van der Waals surface area contributed by atoms with Crippen LogP contribution >= 0.6 is 0 Å². The summed E-state index contributed by atoms with van der Waals surface area (Å²) in [4.78, 5) is 48.5. The second kappa shape index (κ2) is 7.72. The number of rotatable bonds is 5. The first kappa shape index (κ1) is 22.7. The normalized spacial score (nSPS) is 30.1. The van der Waals surface area contributed by atoms with Gasteiger partial charge in [-0.2, -0.15) is 13.2 Å². The molecule has 1 aliphatic heterocycles. The number of Topliss-reactive ketones (excluding diaryl/α,β-unsaturated/α-hetero) is 1. The van der Waals surface area contributed by atoms with Gasteiger partial charge in [-0.3, -0.25) is 14.4 Å². The fourth-order valence-corrected chi connectivity index (χ4v) is 5.42. The van der Waals surface area contributed by atoms with Crippen molar-refractivity contribution in [2.45, 2.75) is 51.3 Å². The Bertz CT molecular complexity index is 1190. The summed E-state index contributed by atoms with van der Waals surface area (Å²) >= 11 is 0. The number of hydrogen-bond donors (Lipinski definition) is 2. The van der Waals surface area contributed by atoms with Crippen molar-refractivity contribution >= 4 is 17.5 Å². The zero-order valence-electron chi connectivity index (χ0n) is 18.4. The van der Waals surface area contributed by atoms with Gasteiger partial charge in [0, 0.05) is 36.4 Å². The first-order chi connectivity index (χ1) is 16.0. The number of ether oxygens (including phenoxy) is 1. The Hall–Kier alpha value is -3.08. The number of aryl methyl sites for hydroxylation is 1. The van der Waals surface area contributed by atoms with Crippen LogP contribution in [0.3, 0.4) is 0 Å². The number of hydrogen-bond acceptors (Lipinski definition) is 6. The van der Waals surface area contributed by atoms with Crippen LogP contribution in [0.15, 0.2) is 29.3 Å². The zero-order chi connectivity index (χ0) is 24.3. The van der Waals surface area contributed by atoms with Crippen molar-refractivity contribution < 1.29 is 27.5 Å². The van der Waals surface area contributed by atoms with Gasteiger partial charge in [-0.25, -0.2) is 9.97 Å². The first-order valence-electron chi connectivity index (χ1n) is 11.1. The molecular formula is C23H23F3N4O4. The quantitative estimate of drug-likeness (QED) is 0.639. The number of nitrogens with one attached hydrogen (secondary N) is 2. The Morgan fingerprint density at radius 2 is 1.97 bits per heavy atom. The number of amides is 1. The Morgan fingerprint density at radius 1 is 1.24 bits per heavy atom. The number of aromatic amines is 1. The van der Waals surface area contributed by atoms with E-state index in [4.69, 9.17) is 4.74 Å². The van der Waals surface area contributed by atoms with Gasteiger partial charge >= 0.3 is 6.18 Å². The largest absolute Gasteiger partial charge is 0.394 e. The van der Waals surface area contributed by atoms with E-state index >= 15 is 0 Å². The van der Waals surface area contributed by atoms with Crippen LogP contribution in [0.1, 0.15) is 60.0 Å². The van der Waals surface area contributed by atoms with Crippen molar-refractivity contribution in [3.05, 3.63) is 51.8 Å². The highest BCUT2D eigenvalue weighted by molar-refractivity contribution is 6.07. The number of halogens is 3. The maximum Gasteiger partial charge on any atom is 0.394 e. The van der Waals surface area contributed by atoms with Crippen LogP contribution in [0.2, 0.25) is 0 Å². The molecule has 3 saturated carbocycles. The molecule has 0 unspecified atom stereocenters. The number of carbonyl (C=O) groups is 2. The molecule has 0 radical (unpaired) electrons. The molecule has 6 rings (SSSR count). The van der Waals surface area contributed by atoms with Gasteiger partial charge in [0.2, 0.25) is 11.5 Å². The summed E-state index contributed by atoms with van der Waals surface area (Å²) in [6.45, 7) is 1.98. The van der Waals surface area contributed by atoms with Crippen molar-refractivity contribution in [1.29, 1.82) is 0 Å². The minimum Gasteiger partial charge on any atom is -0.373 e. The molecule has 1 saturated heterocycles. The summed E-state index contributed by atoms with van der Waals surface area (Å²) in [7, 11) is 0. The standard InChI is InChI=1S/C23H23F3N4O4/c1-12-7-28-17(18(32)21-9-22(10-21,11-21)23(24,25)26)19(29-12)30-20(33)13-4-5-34-15(6-13)14-2-3-16(31)27-8-14/h2-3,7-8,13,15H,4-6,9-11H2,1H3,(H,27,31)(H,29,30,33)/t13-,15+,21?,22?/m0/s1. The zero-order valence-corrected chi connectivity index (χ0v) is 18.4. The number of anilines is 1. The molecule has 2 N–H and O–H groups in total. The molecule has 0 aromatic carbocycles. The van der Waals surface area contributed by atoms with Gasteiger partial charge in [-0.15, -0.1) is 0 Å². The highest BCUT2D eigenvalue weighted by Crippen LogP contribution is 2.79. The molecule has 3 aliphatic carbocycles. The highest BCUT2D eigenvalue weighted by Gasteiger charge is 2.81. The van der Waals surface area contributed by atoms with Crippen LogP contribution in [-0.2, 0) is 9.53 Å². The third kappa shape index (κ3) is 3.62. The molecule has 2 bridgehead atoms. The molecule has 0 spiro atoms. The van der Waals surface area contributed by atoms with Crippen molar-refractivity contribution in [3.63, 3.8) is 0 Å². The molecule has 4 aliphatic rings. The number of carbonyl (C=O) groups excluding carboxylic acids is 2. The van der Waals surface area contributed by atoms with Gasteiger partial charge in [0.1, 0.15) is 5.69 Å². The van der Waals surface area contributed by atoms with Crippen molar-refractivity contribution in [3.8, 4) is 0 Å². The van der Waals surface area contributed by atoms with Crippen molar-refractivity contribution in [2.24, 2.45) is 16.7 Å². The molecule has 1 amide bonds. The fourth-order valence-electron chi connectivity index (χ4n) is 5.42. The fraction of sp³-hybridized carbons (Fsp3) is 0.522. The van der Waals surface area contributed by atoms with Gasteiger partial charge < -0.3 is 15.0 Å². The monoisotopic (exact) mass is 476 g/mol. The SMILES string of the molecule is Cc1cnc(C(=O)C23CC(C(F)(F)F)(C2)C3)c(NC(=O)[C@H]2CCO[C@@H](c3ccc(=O)[nH]c3)C2)n1. The molecule has 2 atom stereocenters. The van der Waals surface area contributed by atoms with Gasteiger partial charge in [0.15, 0.2) is 11.6 Å². The van der Waals surface area contributed by atoms with Crippen LogP contribution in [0.4, 0.5) is 19.0 Å². The number of ketones is 1. The van der Waals surface area contributed by atoms with Crippen LogP contribution in [0, 0.1) is 23.7 Å². The lowest BCUT2D eigenvalue weighted by atomic mass is 9.33. The van der Waals surface area contributed by atoms with E-state index < -0.39 is 28.7 Å². The minimum absolute atomic E-state index is 0.0205. The summed E-state index contributed by atoms with van der Waals surface area (Å²) in [6.07, 6.45) is -1.71. The third-order valence-electron chi connectivity index (χ3n) is 7.30. The van der Waals surface area contributed by atoms with Gasteiger partial charge in [-0.1, -0.05) is 0 Å². The molecule has 34 heavy (non-hydrogen) atoms. The van der Waals surface area contributed by atoms with E-state index in [2.05, 4.69) is 20.3 Å². The molecule has 4 fully saturated rings. The molecule has 8 nitrogen and oxygen atoms in total. The topological polar surface area (TPSA) is 114 Å². The third-order valence-corrected chi connectivity index (χ3v) is 7.30. The number of nitrogens with zero attached hydrogens (tertiary/aromatic N) is 2. The molecule has 2 aromatic rings. The van der Waals surface area contributed by atoms with E-state index in [0.29, 0.717) is 25.1 Å². The first-order valence-corrected chi connectivity index (χ1v) is 11.1. The van der Waals surface area contributed by atoms with Gasteiger partial charge in [0.05, 0.1) is 17.2 Å². The summed E-state index contributed by atoms with van der Waals surface area (Å²) in [5, 5.41) is 2.69. The molecular weight excluding hydrogens is 453 g/mol. The predicted molar refractivity (Wildman–Crippen MR) is 113 cm³/mol. The van der Waals surface area contributed by atoms with E-state index in [1.54, 1.807) is 19.2 Å². The van der Waals surface area contributed by atoms with Gasteiger partial charge in [0.25, 0.3) is 0 Å². The van der Waals surface area contributed by atoms with Crippen LogP contribution in [0.5, 0.6) is 0 Å². The number of aromatic nitrogens is 3. The van der Waals surface area contributed by atoms with E-state index in [1.165, 1.54) is 12.3 Å². The van der Waals surface area contributed by atoms with Gasteiger partial charge in [-0.05, 0) is 50.7 Å². The Balaban J connectivity index is 1.31. The Morgan fingerprint density at radius 3 is 2.62 bits per heavy atom. The molecule has 3 heterocycles. The molecule has 11 heteroatoms. The van der Waals surface area contributed by atoms with E-state index in [9.17, 15) is 27.6 Å². The minimum atomic E-state index is -4.32. The lowest BCUT2D eigenvalue weighted by molar-refractivity contribution is -0.346. The summed E-state index contributed by atoms with van der Waals surface area (Å²) < 4.78 is 45.4. The van der Waals surface area contributed by atoms with E-state index in [-0.39, 0.29) is 48.3 Å². The average molecular weight is 476 g/mol. The number of H-pyrrole nitrogens is 1. The lowest BCUT2D eigenvalue weighted by Gasteiger charge is -2.69. The molecule has 180 valence electrons. The second-order valence-electron chi connectivity index (χ2n) is 9.68. The van der Waals surface area contributed by atoms with E-state index in [0.717, 1.165) is 5.56 Å². The van der Waals surface area contributed by atoms with Crippen LogP contribution in [-0.4, -0.2) is 39.4 Å². The maximum atomic E-state index is 13.2. The lowest BCUT2D eigenvalue weighted by Crippen LogP contribution is -2.71. The Kier molecular flexibility index (Phi) is 5.16. The van der Waals surface area contributed by atoms with Crippen molar-refractivity contribution in [2.75, 3.05) is 11.9 Å². The summed E-state index contributed by atoms with van der Waals surface area (Å²) in [6, 6.07) is 3.03. The predicted octanol–water partition coefficient (Wildman–Crippen LogP) is 3.50. The molecule has 2 aromatic heterocycles. The maximum absolute atomic E-state index is 13.2. The smallest absolute Gasteiger partial charge is 0.373 e. The number of pyridine rings is 1. The van der Waals surface area contributed by atoms with Crippen LogP contribution < -0.4 is 10.9 Å².